The molecule has 0 aliphatic heterocycles. The van der Waals surface area contributed by atoms with Gasteiger partial charge < -0.3 is 10.2 Å². The first kappa shape index (κ1) is 13.2. The summed E-state index contributed by atoms with van der Waals surface area (Å²) in [5.41, 5.74) is 0.165. The Morgan fingerprint density at radius 3 is 2.27 bits per heavy atom. The van der Waals surface area contributed by atoms with Crippen molar-refractivity contribution < 1.29 is 24.6 Å². The van der Waals surface area contributed by atoms with Crippen molar-refractivity contribution in [3.05, 3.63) is 18.0 Å². The van der Waals surface area contributed by atoms with Gasteiger partial charge in [0.2, 0.25) is 11.5 Å². The topological polar surface area (TPSA) is 70.6 Å². The van der Waals surface area contributed by atoms with E-state index in [9.17, 15) is 4.79 Å². The molecule has 1 aromatic rings. The molecule has 2 N–H and O–H groups in total. The first-order valence-corrected chi connectivity index (χ1v) is 4.59. The first-order valence-electron chi connectivity index (χ1n) is 4.59. The number of Topliss-reactive ketones (excluding diaryl/α,β-unsaturated/α-hetero) is 1. The molecule has 0 aromatic carbocycles. The van der Waals surface area contributed by atoms with Crippen LogP contribution in [-0.4, -0.2) is 23.1 Å². The highest BCUT2D eigenvalue weighted by molar-refractivity contribution is 5.91. The van der Waals surface area contributed by atoms with Crippen LogP contribution in [0.25, 0.3) is 0 Å². The molecule has 1 heterocycles. The van der Waals surface area contributed by atoms with Crippen molar-refractivity contribution in [2.75, 3.05) is 7.11 Å². The van der Waals surface area contributed by atoms with E-state index in [1.165, 1.54) is 14.0 Å². The minimum Gasteiger partial charge on any atom is -0.504 e. The van der Waals surface area contributed by atoms with Crippen molar-refractivity contribution in [3.63, 3.8) is 0 Å². The number of ketones is 1. The maximum absolute atomic E-state index is 11.0. The number of pyridine rings is 1. The van der Waals surface area contributed by atoms with Gasteiger partial charge in [-0.25, -0.2) is 0 Å². The number of rotatable bonds is 2. The fourth-order valence-electron chi connectivity index (χ4n) is 0.922. The molecule has 0 saturated heterocycles. The summed E-state index contributed by atoms with van der Waals surface area (Å²) >= 11 is 0. The molecule has 5 nitrogen and oxygen atoms in total. The van der Waals surface area contributed by atoms with E-state index in [-0.39, 0.29) is 23.0 Å². The summed E-state index contributed by atoms with van der Waals surface area (Å²) in [6.45, 7) is 5.33. The summed E-state index contributed by atoms with van der Waals surface area (Å²) < 4.78 is 1.08. The predicted molar refractivity (Wildman–Crippen MR) is 53.8 cm³/mol. The molecule has 0 radical (unpaired) electrons. The van der Waals surface area contributed by atoms with Crippen molar-refractivity contribution in [1.82, 2.24) is 0 Å². The van der Waals surface area contributed by atoms with E-state index in [0.29, 0.717) is 0 Å². The molecule has 0 unspecified atom stereocenters. The Hall–Kier alpha value is -1.78. The minimum absolute atomic E-state index is 0.165. The van der Waals surface area contributed by atoms with Gasteiger partial charge in [0.15, 0.2) is 5.75 Å². The summed E-state index contributed by atoms with van der Waals surface area (Å²) in [6.07, 6.45) is 1.12. The largest absolute Gasteiger partial charge is 0.504 e. The number of nitrogens with zero attached hydrogens (tertiary/aromatic N) is 1. The van der Waals surface area contributed by atoms with Crippen LogP contribution in [0, 0.1) is 0 Å². The Balaban J connectivity index is 0.000000921. The van der Waals surface area contributed by atoms with Crippen LogP contribution in [0.1, 0.15) is 31.3 Å². The Kier molecular flexibility index (Phi) is 5.15. The van der Waals surface area contributed by atoms with E-state index in [1.807, 2.05) is 13.8 Å². The third-order valence-corrected chi connectivity index (χ3v) is 1.57. The number of hydrogen-bond acceptors (Lipinski definition) is 4. The molecule has 0 fully saturated rings. The van der Waals surface area contributed by atoms with Crippen LogP contribution in [-0.2, 0) is 0 Å². The second-order valence-electron chi connectivity index (χ2n) is 2.49. The fraction of sp³-hybridized carbons (Fsp3) is 0.400. The van der Waals surface area contributed by atoms with E-state index < -0.39 is 0 Å². The zero-order valence-electron chi connectivity index (χ0n) is 9.31. The minimum atomic E-state index is -0.349. The van der Waals surface area contributed by atoms with Gasteiger partial charge in [-0.05, 0) is 0 Å². The lowest BCUT2D eigenvalue weighted by Crippen LogP contribution is -2.45. The zero-order valence-corrected chi connectivity index (χ0v) is 9.31. The van der Waals surface area contributed by atoms with E-state index in [0.717, 1.165) is 17.0 Å². The maximum Gasteiger partial charge on any atom is 0.303 e. The maximum atomic E-state index is 11.0. The van der Waals surface area contributed by atoms with Crippen LogP contribution in [0.5, 0.6) is 11.5 Å². The Bertz CT molecular complexity index is 350. The van der Waals surface area contributed by atoms with Crippen molar-refractivity contribution in [3.8, 4) is 11.5 Å². The number of carbonyl (C=O) groups is 1. The summed E-state index contributed by atoms with van der Waals surface area (Å²) in [6, 6.07) is 1.14. The third kappa shape index (κ3) is 3.12. The number of aromatic nitrogens is 1. The highest BCUT2D eigenvalue weighted by Gasteiger charge is 2.20. The van der Waals surface area contributed by atoms with Gasteiger partial charge in [-0.2, -0.15) is 0 Å². The quantitative estimate of drug-likeness (QED) is 0.561. The van der Waals surface area contributed by atoms with Crippen LogP contribution in [0.4, 0.5) is 0 Å². The van der Waals surface area contributed by atoms with Crippen LogP contribution in [0.2, 0.25) is 0 Å². The zero-order chi connectivity index (χ0) is 12.0. The van der Waals surface area contributed by atoms with Gasteiger partial charge in [-0.1, -0.05) is 13.8 Å². The van der Waals surface area contributed by atoms with Crippen molar-refractivity contribution in [2.24, 2.45) is 0 Å². The van der Waals surface area contributed by atoms with Gasteiger partial charge in [0.25, 0.3) is 6.20 Å². The molecule has 0 spiro atoms. The van der Waals surface area contributed by atoms with Gasteiger partial charge in [0.05, 0.1) is 6.07 Å². The Morgan fingerprint density at radius 2 is 1.87 bits per heavy atom. The second kappa shape index (κ2) is 5.85. The molecule has 15 heavy (non-hydrogen) atoms. The summed E-state index contributed by atoms with van der Waals surface area (Å²) in [5.74, 6) is -0.956. The second-order valence-corrected chi connectivity index (χ2v) is 2.49. The lowest BCUT2D eigenvalue weighted by atomic mass is 10.2. The average molecular weight is 214 g/mol. The number of aromatic hydroxyl groups is 2. The fourth-order valence-corrected chi connectivity index (χ4v) is 0.922. The van der Waals surface area contributed by atoms with Crippen LogP contribution in [0.3, 0.4) is 0 Å². The number of hydrogen-bond donors (Lipinski definition) is 2. The van der Waals surface area contributed by atoms with E-state index in [2.05, 4.69) is 0 Å². The van der Waals surface area contributed by atoms with Crippen molar-refractivity contribution in [1.29, 1.82) is 0 Å². The van der Waals surface area contributed by atoms with Crippen molar-refractivity contribution in [2.45, 2.75) is 20.8 Å². The van der Waals surface area contributed by atoms with E-state index >= 15 is 0 Å². The van der Waals surface area contributed by atoms with Gasteiger partial charge >= 0.3 is 5.69 Å². The van der Waals surface area contributed by atoms with E-state index in [1.54, 1.807) is 0 Å². The lowest BCUT2D eigenvalue weighted by Gasteiger charge is -1.98. The summed E-state index contributed by atoms with van der Waals surface area (Å²) in [7, 11) is 1.35. The highest BCUT2D eigenvalue weighted by atomic mass is 16.6. The van der Waals surface area contributed by atoms with Crippen molar-refractivity contribution >= 4 is 5.78 Å². The lowest BCUT2D eigenvalue weighted by molar-refractivity contribution is -0.886. The third-order valence-electron chi connectivity index (χ3n) is 1.57. The normalized spacial score (nSPS) is 8.80. The van der Waals surface area contributed by atoms with Crippen LogP contribution in [0.15, 0.2) is 12.3 Å². The predicted octanol–water partition coefficient (Wildman–Crippen LogP) is 0.672. The molecule has 0 bridgehead atoms. The Labute approximate surface area is 88.5 Å². The molecule has 0 aliphatic carbocycles. The molecular weight excluding hydrogens is 198 g/mol. The number of carbonyl (C=O) groups excluding carboxylic acids is 1. The van der Waals surface area contributed by atoms with Crippen LogP contribution >= 0.6 is 0 Å². The van der Waals surface area contributed by atoms with Crippen LogP contribution < -0.4 is 9.57 Å². The van der Waals surface area contributed by atoms with Gasteiger partial charge in [-0.3, -0.25) is 9.63 Å². The SMILES string of the molecule is CC.CO[n+]1cc(O)c(O)cc1C(C)=O. The van der Waals surface area contributed by atoms with Gasteiger partial charge in [-0.15, -0.1) is 0 Å². The van der Waals surface area contributed by atoms with Gasteiger partial charge in [0, 0.05) is 11.7 Å². The highest BCUT2D eigenvalue weighted by Crippen LogP contribution is 2.21. The summed E-state index contributed by atoms with van der Waals surface area (Å²) in [4.78, 5) is 15.8. The molecular formula is C10H16NO4+. The monoisotopic (exact) mass is 214 g/mol. The molecule has 0 aliphatic rings. The molecule has 0 atom stereocenters. The molecule has 84 valence electrons. The average Bonchev–Trinajstić information content (AvgIpc) is 2.24. The smallest absolute Gasteiger partial charge is 0.303 e. The molecule has 5 heteroatoms. The molecule has 1 aromatic heterocycles. The van der Waals surface area contributed by atoms with E-state index in [4.69, 9.17) is 15.1 Å². The molecule has 0 amide bonds. The molecule has 1 rings (SSSR count). The summed E-state index contributed by atoms with van der Waals surface area (Å²) in [5, 5.41) is 18.2. The molecule has 0 saturated carbocycles. The Morgan fingerprint density at radius 1 is 1.33 bits per heavy atom. The van der Waals surface area contributed by atoms with Gasteiger partial charge in [0.1, 0.15) is 7.11 Å². The first-order chi connectivity index (χ1) is 7.06. The standard InChI is InChI=1S/C8H9NO4.C2H6/c1-5(10)6-3-7(11)8(12)4-9(6)13-2;1-2/h3-4,12H,1-2H3;1-2H3/p+1.